The number of aliphatic hydroxyl groups is 1. The lowest BCUT2D eigenvalue weighted by Crippen LogP contribution is -2.32. The molecule has 2 aromatic carbocycles. The monoisotopic (exact) mass is 604 g/mol. The Balaban J connectivity index is 1.31. The molecule has 0 saturated heterocycles. The van der Waals surface area contributed by atoms with E-state index in [0.717, 1.165) is 64.9 Å². The molecule has 0 fully saturated rings. The zero-order valence-corrected chi connectivity index (χ0v) is 27.5. The minimum Gasteiger partial charge on any atom is -0.392 e. The third kappa shape index (κ3) is 8.24. The van der Waals surface area contributed by atoms with Gasteiger partial charge in [0.2, 0.25) is 5.91 Å². The van der Waals surface area contributed by atoms with Crippen LogP contribution in [0.25, 0.3) is 0 Å². The molecule has 2 N–H and O–H groups in total. The molecule has 0 bridgehead atoms. The van der Waals surface area contributed by atoms with Crippen LogP contribution < -0.4 is 5.32 Å². The minimum atomic E-state index is -0.242. The third-order valence-corrected chi connectivity index (χ3v) is 9.08. The van der Waals surface area contributed by atoms with Gasteiger partial charge in [-0.05, 0) is 103 Å². The van der Waals surface area contributed by atoms with Crippen molar-refractivity contribution in [3.63, 3.8) is 0 Å². The highest BCUT2D eigenvalue weighted by Gasteiger charge is 2.28. The summed E-state index contributed by atoms with van der Waals surface area (Å²) < 4.78 is 0. The summed E-state index contributed by atoms with van der Waals surface area (Å²) in [6, 6.07) is 21.2. The number of aryl methyl sites for hydroxylation is 3. The van der Waals surface area contributed by atoms with Gasteiger partial charge in [0.05, 0.1) is 30.0 Å². The van der Waals surface area contributed by atoms with Crippen LogP contribution in [0, 0.1) is 19.8 Å². The summed E-state index contributed by atoms with van der Waals surface area (Å²) >= 11 is 0. The average Bonchev–Trinajstić information content (AvgIpc) is 3.04. The van der Waals surface area contributed by atoms with E-state index in [4.69, 9.17) is 9.97 Å². The molecular weight excluding hydrogens is 556 g/mol. The van der Waals surface area contributed by atoms with E-state index in [2.05, 4.69) is 86.4 Å². The second-order valence-electron chi connectivity index (χ2n) is 13.2. The predicted molar refractivity (Wildman–Crippen MR) is 180 cm³/mol. The topological polar surface area (TPSA) is 78.4 Å². The Morgan fingerprint density at radius 3 is 2.49 bits per heavy atom. The van der Waals surface area contributed by atoms with Gasteiger partial charge < -0.3 is 10.4 Å². The predicted octanol–water partition coefficient (Wildman–Crippen LogP) is 7.28. The second kappa shape index (κ2) is 14.9. The molecule has 2 atom stereocenters. The summed E-state index contributed by atoms with van der Waals surface area (Å²) in [5.74, 6) is 0.358. The SMILES string of the molecule is Cc1cnc(CN(Cc2ccc(CNC(=O)C(C)c3ccc(CC(C)C)cc3)cc2CO)[C@H]2CCCc3cccnc32)c(C)c1. The Morgan fingerprint density at radius 1 is 0.978 bits per heavy atom. The van der Waals surface area contributed by atoms with Gasteiger partial charge in [-0.2, -0.15) is 0 Å². The Morgan fingerprint density at radius 2 is 1.76 bits per heavy atom. The molecule has 1 aliphatic rings. The molecule has 1 amide bonds. The van der Waals surface area contributed by atoms with Crippen molar-refractivity contribution in [2.24, 2.45) is 5.92 Å². The smallest absolute Gasteiger partial charge is 0.227 e. The number of rotatable bonds is 12. The fraction of sp³-hybridized carbons (Fsp3) is 0.410. The first kappa shape index (κ1) is 32.5. The highest BCUT2D eigenvalue weighted by Crippen LogP contribution is 2.35. The van der Waals surface area contributed by atoms with Crippen molar-refractivity contribution < 1.29 is 9.90 Å². The number of benzene rings is 2. The number of fused-ring (bicyclic) bond motifs is 1. The first-order valence-electron chi connectivity index (χ1n) is 16.4. The standard InChI is InChI=1S/C39H48N4O2/c1-26(2)18-30-11-14-32(15-12-30)29(5)39(45)42-22-31-13-16-34(35(20-31)25-44)23-43(24-36-28(4)19-27(3)21-41-36)37-10-6-8-33-9-7-17-40-38(33)37/h7,9,11-17,19-21,26,29,37,44H,6,8,10,18,22-25H2,1-5H3,(H,42,45)/t29?,37-/m0/s1. The van der Waals surface area contributed by atoms with Gasteiger partial charge in [-0.25, -0.2) is 0 Å². The van der Waals surface area contributed by atoms with Crippen LogP contribution in [-0.2, 0) is 43.9 Å². The molecule has 0 radical (unpaired) electrons. The van der Waals surface area contributed by atoms with E-state index < -0.39 is 0 Å². The van der Waals surface area contributed by atoms with Crippen LogP contribution in [0.1, 0.15) is 101 Å². The number of hydrogen-bond donors (Lipinski definition) is 2. The number of aliphatic hydroxyl groups excluding tert-OH is 1. The van der Waals surface area contributed by atoms with Crippen LogP contribution in [-0.4, -0.2) is 25.9 Å². The van der Waals surface area contributed by atoms with Gasteiger partial charge >= 0.3 is 0 Å². The first-order chi connectivity index (χ1) is 21.7. The quantitative estimate of drug-likeness (QED) is 0.178. The van der Waals surface area contributed by atoms with Gasteiger partial charge in [0.25, 0.3) is 0 Å². The third-order valence-electron chi connectivity index (χ3n) is 9.08. The van der Waals surface area contributed by atoms with Gasteiger partial charge in [0, 0.05) is 32.0 Å². The van der Waals surface area contributed by atoms with E-state index in [1.54, 1.807) is 0 Å². The highest BCUT2D eigenvalue weighted by atomic mass is 16.3. The molecule has 2 heterocycles. The maximum atomic E-state index is 13.1. The number of hydrogen-bond acceptors (Lipinski definition) is 5. The van der Waals surface area contributed by atoms with Crippen molar-refractivity contribution in [2.45, 2.75) is 98.5 Å². The zero-order valence-electron chi connectivity index (χ0n) is 27.5. The molecule has 45 heavy (non-hydrogen) atoms. The Bertz CT molecular complexity index is 1600. The van der Waals surface area contributed by atoms with E-state index in [-0.39, 0.29) is 24.5 Å². The number of carbonyl (C=O) groups excluding carboxylic acids is 1. The van der Waals surface area contributed by atoms with Gasteiger partial charge in [0.15, 0.2) is 0 Å². The summed E-state index contributed by atoms with van der Waals surface area (Å²) in [6.45, 7) is 12.3. The van der Waals surface area contributed by atoms with E-state index in [1.165, 1.54) is 16.7 Å². The fourth-order valence-corrected chi connectivity index (χ4v) is 6.54. The van der Waals surface area contributed by atoms with E-state index >= 15 is 0 Å². The molecule has 1 aliphatic carbocycles. The number of pyridine rings is 2. The normalized spacial score (nSPS) is 15.2. The molecule has 236 valence electrons. The maximum Gasteiger partial charge on any atom is 0.227 e. The largest absolute Gasteiger partial charge is 0.392 e. The van der Waals surface area contributed by atoms with Crippen molar-refractivity contribution in [2.75, 3.05) is 0 Å². The number of carbonyl (C=O) groups is 1. The van der Waals surface area contributed by atoms with Crippen molar-refractivity contribution in [3.05, 3.63) is 129 Å². The molecule has 4 aromatic rings. The molecule has 2 aromatic heterocycles. The number of nitrogens with one attached hydrogen (secondary N) is 1. The Labute approximate surface area is 269 Å². The Hall–Kier alpha value is -3.87. The lowest BCUT2D eigenvalue weighted by molar-refractivity contribution is -0.122. The molecule has 1 unspecified atom stereocenters. The molecule has 6 nitrogen and oxygen atoms in total. The van der Waals surface area contributed by atoms with E-state index in [1.807, 2.05) is 31.5 Å². The summed E-state index contributed by atoms with van der Waals surface area (Å²) in [4.78, 5) is 25.2. The lowest BCUT2D eigenvalue weighted by Gasteiger charge is -2.35. The minimum absolute atomic E-state index is 0.00292. The summed E-state index contributed by atoms with van der Waals surface area (Å²) in [7, 11) is 0. The van der Waals surface area contributed by atoms with Gasteiger partial charge in [0.1, 0.15) is 0 Å². The summed E-state index contributed by atoms with van der Waals surface area (Å²) in [5, 5.41) is 13.6. The Kier molecular flexibility index (Phi) is 10.8. The van der Waals surface area contributed by atoms with Crippen molar-refractivity contribution in [1.29, 1.82) is 0 Å². The second-order valence-corrected chi connectivity index (χ2v) is 13.2. The van der Waals surface area contributed by atoms with Gasteiger partial charge in [-0.3, -0.25) is 19.7 Å². The van der Waals surface area contributed by atoms with Crippen LogP contribution in [0.4, 0.5) is 0 Å². The molecule has 5 rings (SSSR count). The number of amides is 1. The van der Waals surface area contributed by atoms with E-state index in [9.17, 15) is 9.90 Å². The average molecular weight is 605 g/mol. The summed E-state index contributed by atoms with van der Waals surface area (Å²) in [6.07, 6.45) is 8.08. The van der Waals surface area contributed by atoms with Crippen molar-refractivity contribution >= 4 is 5.91 Å². The summed E-state index contributed by atoms with van der Waals surface area (Å²) in [5.41, 5.74) is 11.1. The maximum absolute atomic E-state index is 13.1. The lowest BCUT2D eigenvalue weighted by atomic mass is 9.90. The van der Waals surface area contributed by atoms with Crippen LogP contribution in [0.5, 0.6) is 0 Å². The van der Waals surface area contributed by atoms with Gasteiger partial charge in [-0.15, -0.1) is 0 Å². The van der Waals surface area contributed by atoms with Crippen molar-refractivity contribution in [1.82, 2.24) is 20.2 Å². The molecule has 0 saturated carbocycles. The van der Waals surface area contributed by atoms with Crippen LogP contribution in [0.3, 0.4) is 0 Å². The fourth-order valence-electron chi connectivity index (χ4n) is 6.54. The molecule has 0 spiro atoms. The van der Waals surface area contributed by atoms with Crippen LogP contribution in [0.2, 0.25) is 0 Å². The van der Waals surface area contributed by atoms with Gasteiger partial charge in [-0.1, -0.05) is 68.4 Å². The molecule has 0 aliphatic heterocycles. The number of nitrogens with zero attached hydrogens (tertiary/aromatic N) is 3. The highest BCUT2D eigenvalue weighted by molar-refractivity contribution is 5.83. The van der Waals surface area contributed by atoms with E-state index in [0.29, 0.717) is 25.6 Å². The first-order valence-corrected chi connectivity index (χ1v) is 16.4. The van der Waals surface area contributed by atoms with Crippen LogP contribution in [0.15, 0.2) is 73.1 Å². The molecular formula is C39H48N4O2. The number of aromatic nitrogens is 2. The van der Waals surface area contributed by atoms with Crippen LogP contribution >= 0.6 is 0 Å². The molecule has 6 heteroatoms. The zero-order chi connectivity index (χ0) is 31.9. The van der Waals surface area contributed by atoms with Crippen molar-refractivity contribution in [3.8, 4) is 0 Å².